The predicted octanol–water partition coefficient (Wildman–Crippen LogP) is 2.84. The van der Waals surface area contributed by atoms with E-state index in [0.29, 0.717) is 5.75 Å². The highest BCUT2D eigenvalue weighted by Gasteiger charge is 2.05. The van der Waals surface area contributed by atoms with Crippen molar-refractivity contribution in [1.29, 1.82) is 0 Å². The van der Waals surface area contributed by atoms with Crippen LogP contribution in [0.1, 0.15) is 23.7 Å². The van der Waals surface area contributed by atoms with Gasteiger partial charge in [0, 0.05) is 18.4 Å². The van der Waals surface area contributed by atoms with Crippen LogP contribution in [-0.4, -0.2) is 14.7 Å². The molecule has 1 aromatic heterocycles. The van der Waals surface area contributed by atoms with E-state index in [1.54, 1.807) is 6.07 Å². The second-order valence-corrected chi connectivity index (χ2v) is 4.48. The molecule has 0 saturated heterocycles. The van der Waals surface area contributed by atoms with Crippen molar-refractivity contribution in [3.63, 3.8) is 0 Å². The summed E-state index contributed by atoms with van der Waals surface area (Å²) in [5.41, 5.74) is 4.13. The molecule has 0 spiro atoms. The predicted molar refractivity (Wildman–Crippen MR) is 72.8 cm³/mol. The van der Waals surface area contributed by atoms with Crippen molar-refractivity contribution >= 4 is 5.69 Å². The van der Waals surface area contributed by atoms with Crippen LogP contribution in [0.4, 0.5) is 5.69 Å². The lowest BCUT2D eigenvalue weighted by atomic mass is 10.1. The van der Waals surface area contributed by atoms with Gasteiger partial charge in [0.25, 0.3) is 0 Å². The zero-order valence-electron chi connectivity index (χ0n) is 11.1. The molecule has 2 aromatic rings. The summed E-state index contributed by atoms with van der Waals surface area (Å²) in [5, 5.41) is 13.0. The molecule has 0 atom stereocenters. The number of phenolic OH excluding ortho intramolecular Hbond substituents is 1. The van der Waals surface area contributed by atoms with E-state index in [1.165, 1.54) is 0 Å². The van der Waals surface area contributed by atoms with Crippen LogP contribution in [0, 0.1) is 13.8 Å². The van der Waals surface area contributed by atoms with Crippen LogP contribution in [0.2, 0.25) is 0 Å². The van der Waals surface area contributed by atoms with Crippen LogP contribution in [0.25, 0.3) is 0 Å². The summed E-state index contributed by atoms with van der Waals surface area (Å²) in [7, 11) is 0. The first kappa shape index (κ1) is 12.5. The molecule has 0 saturated carbocycles. The summed E-state index contributed by atoms with van der Waals surface area (Å²) < 4.78 is 2.11. The van der Waals surface area contributed by atoms with Gasteiger partial charge in [-0.1, -0.05) is 0 Å². The molecule has 4 nitrogen and oxygen atoms in total. The number of hydrogen-bond donors (Lipinski definition) is 2. The van der Waals surface area contributed by atoms with Crippen molar-refractivity contribution in [2.75, 3.05) is 5.32 Å². The summed E-state index contributed by atoms with van der Waals surface area (Å²) in [5.74, 6) is 0.344. The normalized spacial score (nSPS) is 10.6. The van der Waals surface area contributed by atoms with Gasteiger partial charge >= 0.3 is 0 Å². The summed E-state index contributed by atoms with van der Waals surface area (Å²) >= 11 is 0. The standard InChI is InChI=1S/C14H19N3O/c1-4-17-9-15-7-12(17)8-16-13-5-11(3)14(18)6-10(13)2/h5-7,9,16,18H,4,8H2,1-3H3. The number of nitrogens with one attached hydrogen (secondary N) is 1. The summed E-state index contributed by atoms with van der Waals surface area (Å²) in [6, 6.07) is 3.76. The van der Waals surface area contributed by atoms with E-state index in [2.05, 4.69) is 21.8 Å². The lowest BCUT2D eigenvalue weighted by molar-refractivity contribution is 0.471. The van der Waals surface area contributed by atoms with E-state index in [9.17, 15) is 5.11 Å². The molecule has 0 aliphatic heterocycles. The van der Waals surface area contributed by atoms with Gasteiger partial charge in [-0.25, -0.2) is 4.98 Å². The third-order valence-electron chi connectivity index (χ3n) is 3.14. The third-order valence-corrected chi connectivity index (χ3v) is 3.14. The number of aromatic hydroxyl groups is 1. The van der Waals surface area contributed by atoms with Gasteiger partial charge in [-0.15, -0.1) is 0 Å². The second kappa shape index (κ2) is 5.12. The Morgan fingerprint density at radius 2 is 2.06 bits per heavy atom. The summed E-state index contributed by atoms with van der Waals surface area (Å²) in [4.78, 5) is 4.14. The van der Waals surface area contributed by atoms with Gasteiger partial charge in [-0.05, 0) is 44.0 Å². The minimum atomic E-state index is 0.344. The summed E-state index contributed by atoms with van der Waals surface area (Å²) in [6.07, 6.45) is 3.71. The van der Waals surface area contributed by atoms with Gasteiger partial charge in [0.15, 0.2) is 0 Å². The second-order valence-electron chi connectivity index (χ2n) is 4.48. The fraction of sp³-hybridized carbons (Fsp3) is 0.357. The minimum absolute atomic E-state index is 0.344. The molecule has 0 amide bonds. The molecular formula is C14H19N3O. The van der Waals surface area contributed by atoms with Crippen molar-refractivity contribution in [3.05, 3.63) is 41.5 Å². The quantitative estimate of drug-likeness (QED) is 0.814. The number of anilines is 1. The molecule has 0 aliphatic carbocycles. The fourth-order valence-corrected chi connectivity index (χ4v) is 1.96. The average Bonchev–Trinajstić information content (AvgIpc) is 2.79. The molecule has 18 heavy (non-hydrogen) atoms. The highest BCUT2D eigenvalue weighted by Crippen LogP contribution is 2.25. The van der Waals surface area contributed by atoms with Gasteiger partial charge in [-0.3, -0.25) is 0 Å². The zero-order valence-corrected chi connectivity index (χ0v) is 11.1. The number of benzene rings is 1. The van der Waals surface area contributed by atoms with Crippen LogP contribution < -0.4 is 5.32 Å². The SMILES string of the molecule is CCn1cncc1CNc1cc(C)c(O)cc1C. The average molecular weight is 245 g/mol. The molecule has 2 N–H and O–H groups in total. The van der Waals surface area contributed by atoms with Crippen LogP contribution in [0.15, 0.2) is 24.7 Å². The van der Waals surface area contributed by atoms with Crippen LogP contribution in [0.5, 0.6) is 5.75 Å². The minimum Gasteiger partial charge on any atom is -0.508 e. The molecule has 0 radical (unpaired) electrons. The van der Waals surface area contributed by atoms with E-state index < -0.39 is 0 Å². The van der Waals surface area contributed by atoms with E-state index in [4.69, 9.17) is 0 Å². The van der Waals surface area contributed by atoms with Gasteiger partial charge in [0.2, 0.25) is 0 Å². The molecule has 96 valence electrons. The first-order chi connectivity index (χ1) is 8.61. The Kier molecular flexibility index (Phi) is 3.55. The van der Waals surface area contributed by atoms with Crippen molar-refractivity contribution < 1.29 is 5.11 Å². The van der Waals surface area contributed by atoms with E-state index in [1.807, 2.05) is 32.4 Å². The van der Waals surface area contributed by atoms with Gasteiger partial charge in [0.05, 0.1) is 18.6 Å². The van der Waals surface area contributed by atoms with Crippen molar-refractivity contribution in [2.24, 2.45) is 0 Å². The van der Waals surface area contributed by atoms with Crippen LogP contribution in [-0.2, 0) is 13.1 Å². The number of aryl methyl sites for hydroxylation is 3. The Morgan fingerprint density at radius 3 is 2.78 bits per heavy atom. The van der Waals surface area contributed by atoms with Crippen LogP contribution in [0.3, 0.4) is 0 Å². The highest BCUT2D eigenvalue weighted by atomic mass is 16.3. The zero-order chi connectivity index (χ0) is 13.1. The Bertz CT molecular complexity index is 546. The highest BCUT2D eigenvalue weighted by molar-refractivity contribution is 5.56. The molecule has 0 fully saturated rings. The van der Waals surface area contributed by atoms with Gasteiger partial charge in [-0.2, -0.15) is 0 Å². The fourth-order valence-electron chi connectivity index (χ4n) is 1.96. The Balaban J connectivity index is 2.13. The number of rotatable bonds is 4. The van der Waals surface area contributed by atoms with Crippen LogP contribution >= 0.6 is 0 Å². The molecule has 0 unspecified atom stereocenters. The molecule has 1 aromatic carbocycles. The molecule has 1 heterocycles. The van der Waals surface area contributed by atoms with Crippen molar-refractivity contribution in [2.45, 2.75) is 33.9 Å². The maximum absolute atomic E-state index is 9.62. The van der Waals surface area contributed by atoms with Gasteiger partial charge in [0.1, 0.15) is 5.75 Å². The topological polar surface area (TPSA) is 50.1 Å². The summed E-state index contributed by atoms with van der Waals surface area (Å²) in [6.45, 7) is 7.64. The number of aromatic nitrogens is 2. The number of nitrogens with zero attached hydrogens (tertiary/aromatic N) is 2. The molecule has 0 bridgehead atoms. The van der Waals surface area contributed by atoms with Crippen molar-refractivity contribution in [1.82, 2.24) is 9.55 Å². The van der Waals surface area contributed by atoms with Crippen molar-refractivity contribution in [3.8, 4) is 5.75 Å². The third kappa shape index (κ3) is 2.47. The Labute approximate surface area is 107 Å². The maximum Gasteiger partial charge on any atom is 0.118 e. The number of imidazole rings is 1. The molecular weight excluding hydrogens is 226 g/mol. The van der Waals surface area contributed by atoms with E-state index >= 15 is 0 Å². The smallest absolute Gasteiger partial charge is 0.118 e. The molecule has 0 aliphatic rings. The lowest BCUT2D eigenvalue weighted by Gasteiger charge is -2.12. The largest absolute Gasteiger partial charge is 0.508 e. The first-order valence-electron chi connectivity index (χ1n) is 6.15. The van der Waals surface area contributed by atoms with E-state index in [-0.39, 0.29) is 0 Å². The molecule has 2 rings (SSSR count). The lowest BCUT2D eigenvalue weighted by Crippen LogP contribution is -2.06. The van der Waals surface area contributed by atoms with E-state index in [0.717, 1.165) is 35.6 Å². The number of hydrogen-bond acceptors (Lipinski definition) is 3. The first-order valence-corrected chi connectivity index (χ1v) is 6.15. The Hall–Kier alpha value is -1.97. The van der Waals surface area contributed by atoms with Gasteiger partial charge < -0.3 is 15.0 Å². The monoisotopic (exact) mass is 245 g/mol. The Morgan fingerprint density at radius 1 is 1.28 bits per heavy atom. The maximum atomic E-state index is 9.62. The molecule has 4 heteroatoms. The number of phenols is 1.